The Morgan fingerprint density at radius 1 is 0.906 bits per heavy atom. The molecule has 4 rings (SSSR count). The van der Waals surface area contributed by atoms with Gasteiger partial charge in [-0.05, 0) is 63.9 Å². The van der Waals surface area contributed by atoms with Gasteiger partial charge in [0.2, 0.25) is 0 Å². The molecule has 0 saturated carbocycles. The first kappa shape index (κ1) is 22.0. The number of aromatic amines is 1. The van der Waals surface area contributed by atoms with Gasteiger partial charge in [-0.1, -0.05) is 66.5 Å². The van der Waals surface area contributed by atoms with Gasteiger partial charge in [0.1, 0.15) is 0 Å². The van der Waals surface area contributed by atoms with Crippen molar-refractivity contribution < 1.29 is 4.79 Å². The molecule has 6 nitrogen and oxygen atoms in total. The highest BCUT2D eigenvalue weighted by atomic mass is 35.5. The van der Waals surface area contributed by atoms with Crippen LogP contribution in [0.4, 0.5) is 0 Å². The number of nitrogens with zero attached hydrogens (tertiary/aromatic N) is 3. The van der Waals surface area contributed by atoms with Crippen LogP contribution in [0.3, 0.4) is 0 Å². The number of hydrogen-bond donors (Lipinski definition) is 2. The highest BCUT2D eigenvalue weighted by Crippen LogP contribution is 2.33. The van der Waals surface area contributed by atoms with Gasteiger partial charge in [0, 0.05) is 33.6 Å². The van der Waals surface area contributed by atoms with Crippen LogP contribution >= 0.6 is 23.2 Å². The molecule has 0 radical (unpaired) electrons. The van der Waals surface area contributed by atoms with Crippen molar-refractivity contribution in [3.63, 3.8) is 0 Å². The minimum absolute atomic E-state index is 0.0527. The first-order valence-electron chi connectivity index (χ1n) is 10.1. The van der Waals surface area contributed by atoms with Crippen molar-refractivity contribution in [2.24, 2.45) is 0 Å². The third-order valence-corrected chi connectivity index (χ3v) is 6.05. The molecule has 1 aromatic heterocycles. The predicted octanol–water partition coefficient (Wildman–Crippen LogP) is 5.49. The van der Waals surface area contributed by atoms with Crippen LogP contribution in [0.5, 0.6) is 0 Å². The van der Waals surface area contributed by atoms with Crippen molar-refractivity contribution >= 4 is 29.1 Å². The second-order valence-corrected chi connectivity index (χ2v) is 8.41. The molecule has 8 heteroatoms. The molecule has 0 fully saturated rings. The van der Waals surface area contributed by atoms with Gasteiger partial charge < -0.3 is 5.32 Å². The van der Waals surface area contributed by atoms with Gasteiger partial charge in [0.25, 0.3) is 5.91 Å². The largest absolute Gasteiger partial charge is 0.351 e. The third kappa shape index (κ3) is 5.15. The highest BCUT2D eigenvalue weighted by molar-refractivity contribution is 6.30. The number of carbonyl (C=O) groups excluding carboxylic acids is 1. The Labute approximate surface area is 196 Å². The van der Waals surface area contributed by atoms with E-state index in [4.69, 9.17) is 23.2 Å². The molecule has 32 heavy (non-hydrogen) atoms. The molecule has 0 aliphatic rings. The zero-order valence-electron chi connectivity index (χ0n) is 17.3. The van der Waals surface area contributed by atoms with Gasteiger partial charge in [-0.25, -0.2) is 5.10 Å². The average Bonchev–Trinajstić information content (AvgIpc) is 3.36. The molecule has 0 aliphatic heterocycles. The number of rotatable bonds is 7. The molecule has 4 aromatic rings. The maximum atomic E-state index is 12.8. The summed E-state index contributed by atoms with van der Waals surface area (Å²) in [5.74, 6) is 0.609. The van der Waals surface area contributed by atoms with Gasteiger partial charge >= 0.3 is 0 Å². The highest BCUT2D eigenvalue weighted by Gasteiger charge is 2.22. The Kier molecular flexibility index (Phi) is 6.83. The summed E-state index contributed by atoms with van der Waals surface area (Å²) in [7, 11) is 0. The maximum Gasteiger partial charge on any atom is 0.251 e. The van der Waals surface area contributed by atoms with Crippen LogP contribution in [-0.2, 0) is 0 Å². The van der Waals surface area contributed by atoms with Gasteiger partial charge in [0.15, 0.2) is 5.82 Å². The topological polar surface area (TPSA) is 83.6 Å². The molecule has 0 bridgehead atoms. The summed E-state index contributed by atoms with van der Waals surface area (Å²) in [6.07, 6.45) is 0. The average molecular weight is 466 g/mol. The van der Waals surface area contributed by atoms with E-state index in [2.05, 4.69) is 32.9 Å². The molecule has 3 aromatic carbocycles. The zero-order chi connectivity index (χ0) is 22.5. The quantitative estimate of drug-likeness (QED) is 0.377. The molecule has 0 saturated heterocycles. The van der Waals surface area contributed by atoms with Crippen molar-refractivity contribution in [3.05, 3.63) is 99.5 Å². The number of aromatic nitrogens is 4. The lowest BCUT2D eigenvalue weighted by Gasteiger charge is -2.25. The normalized spacial score (nSPS) is 12.8. The van der Waals surface area contributed by atoms with Crippen LogP contribution in [0.2, 0.25) is 10.0 Å². The standard InChI is InChI=1S/C24H21Cl2N5O/c1-15(16-6-10-20(25)11-7-16)22(17-8-12-21(26)13-9-17)14-27-24(32)19-4-2-18(3-5-19)23-28-30-31-29-23/h2-13,15,22H,14H2,1H3,(H,27,32)(H,28,29,30,31). The Balaban J connectivity index is 1.51. The number of tetrazole rings is 1. The van der Waals surface area contributed by atoms with Crippen molar-refractivity contribution in [2.45, 2.75) is 18.8 Å². The Bertz CT molecular complexity index is 1160. The summed E-state index contributed by atoms with van der Waals surface area (Å²) >= 11 is 12.1. The second kappa shape index (κ2) is 9.94. The number of carbonyl (C=O) groups is 1. The molecular weight excluding hydrogens is 445 g/mol. The summed E-state index contributed by atoms with van der Waals surface area (Å²) in [6, 6.07) is 22.7. The lowest BCUT2D eigenvalue weighted by Crippen LogP contribution is -2.30. The number of benzene rings is 3. The van der Waals surface area contributed by atoms with E-state index in [0.29, 0.717) is 28.0 Å². The summed E-state index contributed by atoms with van der Waals surface area (Å²) in [5, 5.41) is 18.2. The Morgan fingerprint density at radius 3 is 2.06 bits per heavy atom. The summed E-state index contributed by atoms with van der Waals surface area (Å²) in [4.78, 5) is 12.8. The lowest BCUT2D eigenvalue weighted by atomic mass is 9.82. The van der Waals surface area contributed by atoms with Gasteiger partial charge in [-0.15, -0.1) is 5.10 Å². The number of halogens is 2. The molecule has 2 N–H and O–H groups in total. The fourth-order valence-corrected chi connectivity index (χ4v) is 3.91. The summed E-state index contributed by atoms with van der Waals surface area (Å²) in [5.41, 5.74) is 3.62. The van der Waals surface area contributed by atoms with E-state index in [0.717, 1.165) is 16.7 Å². The molecule has 0 spiro atoms. The van der Waals surface area contributed by atoms with Crippen molar-refractivity contribution in [1.29, 1.82) is 0 Å². The fraction of sp³-hybridized carbons (Fsp3) is 0.167. The Morgan fingerprint density at radius 2 is 1.50 bits per heavy atom. The monoisotopic (exact) mass is 465 g/mol. The van der Waals surface area contributed by atoms with Crippen LogP contribution in [0, 0.1) is 0 Å². The van der Waals surface area contributed by atoms with E-state index < -0.39 is 0 Å². The van der Waals surface area contributed by atoms with E-state index in [-0.39, 0.29) is 17.7 Å². The van der Waals surface area contributed by atoms with Crippen LogP contribution < -0.4 is 5.32 Å². The van der Waals surface area contributed by atoms with Crippen LogP contribution in [0.1, 0.15) is 40.2 Å². The first-order valence-corrected chi connectivity index (χ1v) is 10.9. The van der Waals surface area contributed by atoms with Crippen molar-refractivity contribution in [2.75, 3.05) is 6.54 Å². The minimum atomic E-state index is -0.144. The van der Waals surface area contributed by atoms with Crippen LogP contribution in [0.15, 0.2) is 72.8 Å². The van der Waals surface area contributed by atoms with Gasteiger partial charge in [0.05, 0.1) is 0 Å². The Hall–Kier alpha value is -3.22. The predicted molar refractivity (Wildman–Crippen MR) is 126 cm³/mol. The van der Waals surface area contributed by atoms with Crippen molar-refractivity contribution in [3.8, 4) is 11.4 Å². The molecule has 2 unspecified atom stereocenters. The number of H-pyrrole nitrogens is 1. The first-order chi connectivity index (χ1) is 15.5. The smallest absolute Gasteiger partial charge is 0.251 e. The maximum absolute atomic E-state index is 12.8. The van der Waals surface area contributed by atoms with Crippen molar-refractivity contribution in [1.82, 2.24) is 25.9 Å². The minimum Gasteiger partial charge on any atom is -0.351 e. The third-order valence-electron chi connectivity index (χ3n) is 5.55. The second-order valence-electron chi connectivity index (χ2n) is 7.54. The molecule has 162 valence electrons. The summed E-state index contributed by atoms with van der Waals surface area (Å²) in [6.45, 7) is 2.62. The SMILES string of the molecule is CC(c1ccc(Cl)cc1)C(CNC(=O)c1ccc(-c2nnn[nH]2)cc1)c1ccc(Cl)cc1. The fourth-order valence-electron chi connectivity index (χ4n) is 3.66. The molecule has 0 aliphatic carbocycles. The van der Waals surface area contributed by atoms with Gasteiger partial charge in [-0.2, -0.15) is 0 Å². The number of amides is 1. The van der Waals surface area contributed by atoms with E-state index in [1.54, 1.807) is 12.1 Å². The molecular formula is C24H21Cl2N5O. The van der Waals surface area contributed by atoms with E-state index in [1.165, 1.54) is 0 Å². The summed E-state index contributed by atoms with van der Waals surface area (Å²) < 4.78 is 0. The van der Waals surface area contributed by atoms with E-state index >= 15 is 0 Å². The number of nitrogens with one attached hydrogen (secondary N) is 2. The molecule has 1 heterocycles. The van der Waals surface area contributed by atoms with E-state index in [1.807, 2.05) is 60.7 Å². The van der Waals surface area contributed by atoms with Gasteiger partial charge in [-0.3, -0.25) is 4.79 Å². The molecule has 1 amide bonds. The van der Waals surface area contributed by atoms with E-state index in [9.17, 15) is 4.79 Å². The van der Waals surface area contributed by atoms with Crippen LogP contribution in [0.25, 0.3) is 11.4 Å². The van der Waals surface area contributed by atoms with Crippen LogP contribution in [-0.4, -0.2) is 33.1 Å². The molecule has 2 atom stereocenters. The zero-order valence-corrected chi connectivity index (χ0v) is 18.8. The lowest BCUT2D eigenvalue weighted by molar-refractivity contribution is 0.0950. The number of hydrogen-bond acceptors (Lipinski definition) is 4.